The van der Waals surface area contributed by atoms with Gasteiger partial charge in [0.05, 0.1) is 17.7 Å². The standard InChI is InChI=1S/C14H17N3O/c1-17(14(18)13-6-3-7-16-13)10-12-5-2-4-11(8-12)9-15/h2,4-5,8,13,16H,3,6-7,10H2,1H3/t13-/m1/s1. The number of hydrogen-bond donors (Lipinski definition) is 1. The van der Waals surface area contributed by atoms with E-state index in [1.165, 1.54) is 0 Å². The lowest BCUT2D eigenvalue weighted by atomic mass is 10.1. The van der Waals surface area contributed by atoms with Gasteiger partial charge in [-0.2, -0.15) is 5.26 Å². The Morgan fingerprint density at radius 2 is 2.44 bits per heavy atom. The number of carbonyl (C=O) groups is 1. The molecule has 1 atom stereocenters. The van der Waals surface area contributed by atoms with Crippen LogP contribution in [0.25, 0.3) is 0 Å². The van der Waals surface area contributed by atoms with E-state index in [1.807, 2.05) is 18.2 Å². The van der Waals surface area contributed by atoms with Crippen LogP contribution < -0.4 is 5.32 Å². The van der Waals surface area contributed by atoms with E-state index in [0.717, 1.165) is 24.9 Å². The van der Waals surface area contributed by atoms with E-state index in [9.17, 15) is 4.79 Å². The van der Waals surface area contributed by atoms with Gasteiger partial charge in [-0.05, 0) is 37.1 Å². The van der Waals surface area contributed by atoms with Crippen LogP contribution in [0.1, 0.15) is 24.0 Å². The summed E-state index contributed by atoms with van der Waals surface area (Å²) in [5.74, 6) is 0.134. The van der Waals surface area contributed by atoms with Gasteiger partial charge in [0, 0.05) is 13.6 Å². The first-order valence-electron chi connectivity index (χ1n) is 6.18. The molecule has 1 aromatic rings. The molecule has 1 saturated heterocycles. The van der Waals surface area contributed by atoms with Crippen molar-refractivity contribution in [1.29, 1.82) is 5.26 Å². The maximum atomic E-state index is 12.1. The van der Waals surface area contributed by atoms with Gasteiger partial charge in [0.25, 0.3) is 0 Å². The molecule has 4 heteroatoms. The first-order valence-corrected chi connectivity index (χ1v) is 6.18. The molecule has 4 nitrogen and oxygen atoms in total. The SMILES string of the molecule is CN(Cc1cccc(C#N)c1)C(=O)[C@H]1CCCN1. The van der Waals surface area contributed by atoms with Gasteiger partial charge in [-0.3, -0.25) is 4.79 Å². The van der Waals surface area contributed by atoms with Gasteiger partial charge in [0.15, 0.2) is 0 Å². The minimum atomic E-state index is -0.0332. The molecule has 0 aliphatic carbocycles. The average Bonchev–Trinajstić information content (AvgIpc) is 2.92. The van der Waals surface area contributed by atoms with E-state index in [0.29, 0.717) is 12.1 Å². The molecule has 18 heavy (non-hydrogen) atoms. The Kier molecular flexibility index (Phi) is 3.96. The summed E-state index contributed by atoms with van der Waals surface area (Å²) in [6.45, 7) is 1.47. The molecule has 2 rings (SSSR count). The van der Waals surface area contributed by atoms with E-state index in [2.05, 4.69) is 11.4 Å². The van der Waals surface area contributed by atoms with Crippen LogP contribution in [0.5, 0.6) is 0 Å². The molecule has 0 spiro atoms. The van der Waals surface area contributed by atoms with Crippen LogP contribution in [-0.2, 0) is 11.3 Å². The number of rotatable bonds is 3. The summed E-state index contributed by atoms with van der Waals surface area (Å²) in [6, 6.07) is 9.45. The highest BCUT2D eigenvalue weighted by molar-refractivity contribution is 5.81. The minimum Gasteiger partial charge on any atom is -0.340 e. The lowest BCUT2D eigenvalue weighted by Gasteiger charge is -2.21. The molecule has 1 heterocycles. The summed E-state index contributed by atoms with van der Waals surface area (Å²) in [4.78, 5) is 13.8. The maximum absolute atomic E-state index is 12.1. The van der Waals surface area contributed by atoms with Gasteiger partial charge in [-0.1, -0.05) is 12.1 Å². The second-order valence-electron chi connectivity index (χ2n) is 4.66. The highest BCUT2D eigenvalue weighted by Crippen LogP contribution is 2.11. The Balaban J connectivity index is 1.99. The summed E-state index contributed by atoms with van der Waals surface area (Å²) >= 11 is 0. The van der Waals surface area contributed by atoms with Crippen molar-refractivity contribution in [2.24, 2.45) is 0 Å². The molecule has 1 aliphatic heterocycles. The van der Waals surface area contributed by atoms with Crippen molar-refractivity contribution in [2.45, 2.75) is 25.4 Å². The molecule has 1 N–H and O–H groups in total. The monoisotopic (exact) mass is 243 g/mol. The van der Waals surface area contributed by atoms with Crippen LogP contribution >= 0.6 is 0 Å². The van der Waals surface area contributed by atoms with Crippen molar-refractivity contribution < 1.29 is 4.79 Å². The highest BCUT2D eigenvalue weighted by Gasteiger charge is 2.24. The van der Waals surface area contributed by atoms with Gasteiger partial charge in [-0.25, -0.2) is 0 Å². The zero-order valence-corrected chi connectivity index (χ0v) is 10.5. The molecule has 1 aliphatic rings. The molecule has 0 radical (unpaired) electrons. The van der Waals surface area contributed by atoms with E-state index >= 15 is 0 Å². The quantitative estimate of drug-likeness (QED) is 0.869. The van der Waals surface area contributed by atoms with E-state index in [-0.39, 0.29) is 11.9 Å². The molecule has 0 bridgehead atoms. The van der Waals surface area contributed by atoms with Gasteiger partial charge in [0.2, 0.25) is 5.91 Å². The van der Waals surface area contributed by atoms with Gasteiger partial charge in [-0.15, -0.1) is 0 Å². The summed E-state index contributed by atoms with van der Waals surface area (Å²) in [5, 5.41) is 12.0. The summed E-state index contributed by atoms with van der Waals surface area (Å²) in [7, 11) is 1.81. The van der Waals surface area contributed by atoms with Gasteiger partial charge >= 0.3 is 0 Å². The first-order chi connectivity index (χ1) is 8.70. The lowest BCUT2D eigenvalue weighted by Crippen LogP contribution is -2.41. The number of benzene rings is 1. The number of nitrogens with zero attached hydrogens (tertiary/aromatic N) is 2. The van der Waals surface area contributed by atoms with E-state index < -0.39 is 0 Å². The Morgan fingerprint density at radius 1 is 1.61 bits per heavy atom. The van der Waals surface area contributed by atoms with Crippen molar-refractivity contribution in [3.8, 4) is 6.07 Å². The van der Waals surface area contributed by atoms with Crippen molar-refractivity contribution in [3.63, 3.8) is 0 Å². The van der Waals surface area contributed by atoms with Crippen LogP contribution in [0, 0.1) is 11.3 Å². The molecule has 94 valence electrons. The van der Waals surface area contributed by atoms with Crippen molar-refractivity contribution in [1.82, 2.24) is 10.2 Å². The third kappa shape index (κ3) is 2.88. The third-order valence-electron chi connectivity index (χ3n) is 3.21. The average molecular weight is 243 g/mol. The molecule has 0 unspecified atom stereocenters. The largest absolute Gasteiger partial charge is 0.340 e. The Hall–Kier alpha value is -1.86. The predicted molar refractivity (Wildman–Crippen MR) is 68.7 cm³/mol. The van der Waals surface area contributed by atoms with E-state index in [1.54, 1.807) is 18.0 Å². The lowest BCUT2D eigenvalue weighted by molar-refractivity contribution is -0.132. The number of nitrogens with one attached hydrogen (secondary N) is 1. The van der Waals surface area contributed by atoms with Crippen molar-refractivity contribution in [3.05, 3.63) is 35.4 Å². The predicted octanol–water partition coefficient (Wildman–Crippen LogP) is 1.27. The van der Waals surface area contributed by atoms with Crippen LogP contribution in [0.4, 0.5) is 0 Å². The van der Waals surface area contributed by atoms with Crippen molar-refractivity contribution >= 4 is 5.91 Å². The molecule has 1 aromatic carbocycles. The zero-order valence-electron chi connectivity index (χ0n) is 10.5. The maximum Gasteiger partial charge on any atom is 0.239 e. The van der Waals surface area contributed by atoms with Crippen LogP contribution in [0.3, 0.4) is 0 Å². The summed E-state index contributed by atoms with van der Waals surface area (Å²) in [6.07, 6.45) is 1.98. The second-order valence-corrected chi connectivity index (χ2v) is 4.66. The fourth-order valence-corrected chi connectivity index (χ4v) is 2.25. The fourth-order valence-electron chi connectivity index (χ4n) is 2.25. The normalized spacial score (nSPS) is 18.3. The minimum absolute atomic E-state index is 0.0332. The molecule has 1 fully saturated rings. The molecular weight excluding hydrogens is 226 g/mol. The van der Waals surface area contributed by atoms with Crippen LogP contribution in [0.2, 0.25) is 0 Å². The Labute approximate surface area is 107 Å². The number of hydrogen-bond acceptors (Lipinski definition) is 3. The smallest absolute Gasteiger partial charge is 0.239 e. The number of carbonyl (C=O) groups excluding carboxylic acids is 1. The highest BCUT2D eigenvalue weighted by atomic mass is 16.2. The number of nitriles is 1. The number of likely N-dealkylation sites (N-methyl/N-ethyl adjacent to an activating group) is 1. The molecule has 0 aromatic heterocycles. The number of amides is 1. The summed E-state index contributed by atoms with van der Waals surface area (Å²) in [5.41, 5.74) is 1.62. The molecule has 1 amide bonds. The van der Waals surface area contributed by atoms with Gasteiger partial charge < -0.3 is 10.2 Å². The second kappa shape index (κ2) is 5.65. The molecule has 0 saturated carbocycles. The topological polar surface area (TPSA) is 56.1 Å². The summed E-state index contributed by atoms with van der Waals surface area (Å²) < 4.78 is 0. The fraction of sp³-hybridized carbons (Fsp3) is 0.429. The third-order valence-corrected chi connectivity index (χ3v) is 3.21. The Bertz CT molecular complexity index is 472. The first kappa shape index (κ1) is 12.6. The Morgan fingerprint density at radius 3 is 3.11 bits per heavy atom. The molecular formula is C14H17N3O. The van der Waals surface area contributed by atoms with Crippen LogP contribution in [-0.4, -0.2) is 30.4 Å². The van der Waals surface area contributed by atoms with Crippen molar-refractivity contribution in [2.75, 3.05) is 13.6 Å². The van der Waals surface area contributed by atoms with E-state index in [4.69, 9.17) is 5.26 Å². The van der Waals surface area contributed by atoms with Gasteiger partial charge in [0.1, 0.15) is 0 Å². The zero-order chi connectivity index (χ0) is 13.0. The van der Waals surface area contributed by atoms with Crippen LogP contribution in [0.15, 0.2) is 24.3 Å².